The summed E-state index contributed by atoms with van der Waals surface area (Å²) in [4.78, 5) is 8.43. The Kier molecular flexibility index (Phi) is 3.71. The van der Waals surface area contributed by atoms with Gasteiger partial charge in [0.25, 0.3) is 0 Å². The summed E-state index contributed by atoms with van der Waals surface area (Å²) in [5, 5.41) is -0.471. The summed E-state index contributed by atoms with van der Waals surface area (Å²) in [6, 6.07) is 1.77. The van der Waals surface area contributed by atoms with E-state index in [1.807, 2.05) is 6.92 Å². The van der Waals surface area contributed by atoms with Crippen LogP contribution in [0.3, 0.4) is 0 Å². The second kappa shape index (κ2) is 5.00. The normalized spacial score (nSPS) is 14.0. The van der Waals surface area contributed by atoms with Crippen molar-refractivity contribution < 1.29 is 13.2 Å². The number of aromatic nitrogens is 3. The minimum Gasteiger partial charge on any atom is -0.311 e. The van der Waals surface area contributed by atoms with Crippen LogP contribution in [0.1, 0.15) is 30.1 Å². The van der Waals surface area contributed by atoms with E-state index in [1.54, 1.807) is 19.2 Å². The lowest BCUT2D eigenvalue weighted by Gasteiger charge is -2.11. The summed E-state index contributed by atoms with van der Waals surface area (Å²) in [7, 11) is 0. The monoisotopic (exact) mass is 291 g/mol. The number of pyridine rings is 1. The van der Waals surface area contributed by atoms with E-state index in [9.17, 15) is 13.2 Å². The molecule has 1 atom stereocenters. The maximum atomic E-state index is 12.4. The van der Waals surface area contributed by atoms with Crippen molar-refractivity contribution in [3.05, 3.63) is 23.7 Å². The average molecular weight is 292 g/mol. The van der Waals surface area contributed by atoms with Gasteiger partial charge >= 0.3 is 6.18 Å². The van der Waals surface area contributed by atoms with Gasteiger partial charge in [-0.05, 0) is 25.5 Å². The van der Waals surface area contributed by atoms with E-state index >= 15 is 0 Å². The Labute approximate surface area is 113 Å². The third-order valence-corrected chi connectivity index (χ3v) is 3.04. The highest BCUT2D eigenvalue weighted by Crippen LogP contribution is 2.27. The molecule has 2 rings (SSSR count). The van der Waals surface area contributed by atoms with Crippen LogP contribution < -0.4 is 0 Å². The van der Waals surface area contributed by atoms with Gasteiger partial charge in [0.1, 0.15) is 11.3 Å². The van der Waals surface area contributed by atoms with Gasteiger partial charge in [-0.2, -0.15) is 13.2 Å². The second-order valence-electron chi connectivity index (χ2n) is 4.40. The van der Waals surface area contributed by atoms with Crippen LogP contribution in [0.2, 0.25) is 0 Å². The molecule has 3 nitrogen and oxygen atoms in total. The van der Waals surface area contributed by atoms with Crippen molar-refractivity contribution in [1.82, 2.24) is 14.5 Å². The molecule has 0 amide bonds. The fraction of sp³-hybridized carbons (Fsp3) is 0.500. The molecule has 0 aliphatic heterocycles. The van der Waals surface area contributed by atoms with Gasteiger partial charge in [0.05, 0.1) is 11.8 Å². The number of alkyl halides is 4. The molecule has 0 spiro atoms. The lowest BCUT2D eigenvalue weighted by Crippen LogP contribution is -2.14. The Morgan fingerprint density at radius 3 is 2.68 bits per heavy atom. The van der Waals surface area contributed by atoms with Crippen LogP contribution in [-0.2, 0) is 6.54 Å². The van der Waals surface area contributed by atoms with Crippen molar-refractivity contribution in [2.24, 2.45) is 0 Å². The van der Waals surface area contributed by atoms with Gasteiger partial charge in [-0.1, -0.05) is 0 Å². The molecule has 19 heavy (non-hydrogen) atoms. The van der Waals surface area contributed by atoms with Crippen molar-refractivity contribution in [2.45, 2.75) is 38.4 Å². The molecule has 0 bridgehead atoms. The average Bonchev–Trinajstić information content (AvgIpc) is 2.66. The highest BCUT2D eigenvalue weighted by molar-refractivity contribution is 6.20. The minimum atomic E-state index is -4.22. The summed E-state index contributed by atoms with van der Waals surface area (Å²) in [6.45, 7) is 3.30. The van der Waals surface area contributed by atoms with Crippen LogP contribution >= 0.6 is 11.6 Å². The van der Waals surface area contributed by atoms with Crippen LogP contribution in [0.25, 0.3) is 11.2 Å². The summed E-state index contributed by atoms with van der Waals surface area (Å²) in [5.74, 6) is 0.419. The van der Waals surface area contributed by atoms with Gasteiger partial charge < -0.3 is 4.57 Å². The molecule has 0 N–H and O–H groups in total. The van der Waals surface area contributed by atoms with Crippen LogP contribution in [0.4, 0.5) is 13.2 Å². The maximum Gasteiger partial charge on any atom is 0.390 e. The highest BCUT2D eigenvalue weighted by atomic mass is 35.5. The van der Waals surface area contributed by atoms with Gasteiger partial charge in [-0.15, -0.1) is 11.6 Å². The van der Waals surface area contributed by atoms with Crippen molar-refractivity contribution in [1.29, 1.82) is 0 Å². The molecular formula is C12H13ClF3N3. The number of halogens is 4. The summed E-state index contributed by atoms with van der Waals surface area (Å²) in [5.41, 5.74) is 1.92. The van der Waals surface area contributed by atoms with Gasteiger partial charge in [-0.25, -0.2) is 9.97 Å². The first-order chi connectivity index (χ1) is 8.79. The molecule has 104 valence electrons. The summed E-state index contributed by atoms with van der Waals surface area (Å²) >= 11 is 5.99. The third-order valence-electron chi connectivity index (χ3n) is 2.84. The van der Waals surface area contributed by atoms with E-state index in [-0.39, 0.29) is 6.54 Å². The number of fused-ring (bicyclic) bond motifs is 1. The number of aryl methyl sites for hydroxylation is 2. The first kappa shape index (κ1) is 14.1. The molecule has 0 fully saturated rings. The van der Waals surface area contributed by atoms with E-state index in [2.05, 4.69) is 9.97 Å². The van der Waals surface area contributed by atoms with Crippen molar-refractivity contribution in [3.63, 3.8) is 0 Å². The fourth-order valence-corrected chi connectivity index (χ4v) is 2.08. The molecule has 0 aromatic carbocycles. The predicted octanol–water partition coefficient (Wildman–Crippen LogP) is 3.99. The van der Waals surface area contributed by atoms with Crippen LogP contribution in [0.5, 0.6) is 0 Å². The van der Waals surface area contributed by atoms with Gasteiger partial charge in [-0.3, -0.25) is 0 Å². The van der Waals surface area contributed by atoms with Crippen molar-refractivity contribution >= 4 is 22.8 Å². The number of rotatable bonds is 3. The molecule has 2 aromatic rings. The number of imidazole rings is 1. The first-order valence-electron chi connectivity index (χ1n) is 5.82. The second-order valence-corrected chi connectivity index (χ2v) is 5.06. The van der Waals surface area contributed by atoms with Gasteiger partial charge in [0.2, 0.25) is 0 Å². The molecular weight excluding hydrogens is 279 g/mol. The Bertz CT molecular complexity index is 590. The SMILES string of the molecule is Cc1ccnc2c1nc(C(C)Cl)n2CCC(F)(F)F. The first-order valence-corrected chi connectivity index (χ1v) is 6.26. The van der Waals surface area contributed by atoms with Crippen LogP contribution in [0, 0.1) is 6.92 Å². The highest BCUT2D eigenvalue weighted by Gasteiger charge is 2.28. The number of hydrogen-bond donors (Lipinski definition) is 0. The van der Waals surface area contributed by atoms with Gasteiger partial charge in [0, 0.05) is 12.7 Å². The largest absolute Gasteiger partial charge is 0.390 e. The van der Waals surface area contributed by atoms with Crippen LogP contribution in [-0.4, -0.2) is 20.7 Å². The van der Waals surface area contributed by atoms with Crippen LogP contribution in [0.15, 0.2) is 12.3 Å². The topological polar surface area (TPSA) is 30.7 Å². The van der Waals surface area contributed by atoms with Gasteiger partial charge in [0.15, 0.2) is 5.65 Å². The minimum absolute atomic E-state index is 0.219. The quantitative estimate of drug-likeness (QED) is 0.801. The molecule has 2 heterocycles. The van der Waals surface area contributed by atoms with E-state index in [0.29, 0.717) is 17.0 Å². The predicted molar refractivity (Wildman–Crippen MR) is 67.2 cm³/mol. The Hall–Kier alpha value is -1.30. The Morgan fingerprint density at radius 1 is 1.42 bits per heavy atom. The molecule has 0 saturated carbocycles. The van der Waals surface area contributed by atoms with Crippen molar-refractivity contribution in [3.8, 4) is 0 Å². The molecule has 0 radical (unpaired) electrons. The standard InChI is InChI=1S/C12H13ClF3N3/c1-7-3-5-17-11-9(7)18-10(8(2)13)19(11)6-4-12(14,15)16/h3,5,8H,4,6H2,1-2H3. The fourth-order valence-electron chi connectivity index (χ4n) is 1.92. The Balaban J connectivity index is 2.50. The molecule has 0 aliphatic rings. The molecule has 7 heteroatoms. The lowest BCUT2D eigenvalue weighted by molar-refractivity contribution is -0.136. The summed E-state index contributed by atoms with van der Waals surface area (Å²) < 4.78 is 38.6. The zero-order valence-electron chi connectivity index (χ0n) is 10.5. The van der Waals surface area contributed by atoms with Crippen molar-refractivity contribution in [2.75, 3.05) is 0 Å². The molecule has 0 saturated heterocycles. The lowest BCUT2D eigenvalue weighted by atomic mass is 10.3. The zero-order chi connectivity index (χ0) is 14.2. The zero-order valence-corrected chi connectivity index (χ0v) is 11.3. The summed E-state index contributed by atoms with van der Waals surface area (Å²) in [6.07, 6.45) is -3.58. The third kappa shape index (κ3) is 3.00. The van der Waals surface area contributed by atoms with E-state index in [4.69, 9.17) is 11.6 Å². The van der Waals surface area contributed by atoms with E-state index < -0.39 is 18.0 Å². The van der Waals surface area contributed by atoms with E-state index in [1.165, 1.54) is 4.57 Å². The smallest absolute Gasteiger partial charge is 0.311 e. The maximum absolute atomic E-state index is 12.4. The Morgan fingerprint density at radius 2 is 2.11 bits per heavy atom. The molecule has 1 unspecified atom stereocenters. The number of hydrogen-bond acceptors (Lipinski definition) is 2. The van der Waals surface area contributed by atoms with E-state index in [0.717, 1.165) is 5.56 Å². The number of nitrogens with zero attached hydrogens (tertiary/aromatic N) is 3. The molecule has 0 aliphatic carbocycles. The molecule has 2 aromatic heterocycles.